The van der Waals surface area contributed by atoms with E-state index in [4.69, 9.17) is 5.84 Å². The second kappa shape index (κ2) is 6.26. The van der Waals surface area contributed by atoms with Crippen molar-refractivity contribution in [3.63, 3.8) is 0 Å². The number of benzene rings is 2. The molecule has 0 aliphatic rings. The normalized spacial score (nSPS) is 11.6. The summed E-state index contributed by atoms with van der Waals surface area (Å²) >= 11 is 0. The zero-order valence-corrected chi connectivity index (χ0v) is 12.5. The Hall–Kier alpha value is -2.88. The van der Waals surface area contributed by atoms with Crippen LogP contribution in [0.15, 0.2) is 65.8 Å². The van der Waals surface area contributed by atoms with Gasteiger partial charge in [-0.2, -0.15) is 10.2 Å². The third kappa shape index (κ3) is 3.06. The maximum Gasteiger partial charge on any atom is 0.0927 e. The second-order valence-electron chi connectivity index (χ2n) is 5.27. The van der Waals surface area contributed by atoms with E-state index in [2.05, 4.69) is 58.6 Å². The average Bonchev–Trinajstić information content (AvgIpc) is 3.04. The first-order chi connectivity index (χ1) is 10.8. The lowest BCUT2D eigenvalue weighted by molar-refractivity contribution is 1.07. The Morgan fingerprint density at radius 2 is 1.82 bits per heavy atom. The molecule has 3 rings (SSSR count). The van der Waals surface area contributed by atoms with Crippen molar-refractivity contribution in [1.29, 1.82) is 0 Å². The number of hydrazone groups is 1. The van der Waals surface area contributed by atoms with Gasteiger partial charge in [-0.15, -0.1) is 0 Å². The number of nitrogens with two attached hydrogens (primary N) is 1. The Balaban J connectivity index is 1.84. The van der Waals surface area contributed by atoms with Gasteiger partial charge in [0.05, 0.1) is 17.1 Å². The molecule has 2 aromatic carbocycles. The fourth-order valence-corrected chi connectivity index (χ4v) is 2.34. The lowest BCUT2D eigenvalue weighted by atomic mass is 10.1. The minimum Gasteiger partial charge on any atom is -0.323 e. The van der Waals surface area contributed by atoms with Gasteiger partial charge in [-0.3, -0.25) is 5.10 Å². The van der Waals surface area contributed by atoms with Crippen LogP contribution in [0.1, 0.15) is 16.8 Å². The lowest BCUT2D eigenvalue weighted by Gasteiger charge is -2.02. The fourth-order valence-electron chi connectivity index (χ4n) is 2.34. The van der Waals surface area contributed by atoms with E-state index in [9.17, 15) is 0 Å². The molecule has 0 bridgehead atoms. The van der Waals surface area contributed by atoms with Gasteiger partial charge in [0.15, 0.2) is 0 Å². The van der Waals surface area contributed by atoms with Crippen LogP contribution in [0.3, 0.4) is 0 Å². The predicted molar refractivity (Wildman–Crippen MR) is 89.6 cm³/mol. The number of aromatic nitrogens is 2. The summed E-state index contributed by atoms with van der Waals surface area (Å²) in [6, 6.07) is 20.4. The summed E-state index contributed by atoms with van der Waals surface area (Å²) in [5.41, 5.74) is 6.00. The highest BCUT2D eigenvalue weighted by Crippen LogP contribution is 2.19. The zero-order valence-electron chi connectivity index (χ0n) is 12.5. The number of aromatic amines is 1. The van der Waals surface area contributed by atoms with Gasteiger partial charge in [0, 0.05) is 12.0 Å². The first-order valence-electron chi connectivity index (χ1n) is 7.20. The summed E-state index contributed by atoms with van der Waals surface area (Å²) in [4.78, 5) is 0. The molecule has 0 unspecified atom stereocenters. The molecular weight excluding hydrogens is 272 g/mol. The molecule has 0 atom stereocenters. The van der Waals surface area contributed by atoms with Crippen molar-refractivity contribution in [3.8, 4) is 11.3 Å². The van der Waals surface area contributed by atoms with Crippen LogP contribution in [0.5, 0.6) is 0 Å². The summed E-state index contributed by atoms with van der Waals surface area (Å²) in [6.45, 7) is 2.07. The molecule has 0 saturated carbocycles. The maximum atomic E-state index is 5.56. The van der Waals surface area contributed by atoms with Gasteiger partial charge in [-0.05, 0) is 18.6 Å². The van der Waals surface area contributed by atoms with Crippen LogP contribution < -0.4 is 5.84 Å². The van der Waals surface area contributed by atoms with E-state index >= 15 is 0 Å². The van der Waals surface area contributed by atoms with Crippen molar-refractivity contribution in [3.05, 3.63) is 77.5 Å². The smallest absolute Gasteiger partial charge is 0.0927 e. The molecule has 3 aromatic rings. The molecule has 4 heteroatoms. The molecule has 22 heavy (non-hydrogen) atoms. The highest BCUT2D eigenvalue weighted by Gasteiger charge is 2.10. The van der Waals surface area contributed by atoms with Crippen molar-refractivity contribution >= 4 is 5.71 Å². The minimum absolute atomic E-state index is 0.673. The molecule has 110 valence electrons. The molecule has 0 aliphatic carbocycles. The Morgan fingerprint density at radius 3 is 2.50 bits per heavy atom. The van der Waals surface area contributed by atoms with E-state index in [-0.39, 0.29) is 0 Å². The number of nitrogens with one attached hydrogen (secondary N) is 1. The number of H-pyrrole nitrogens is 1. The monoisotopic (exact) mass is 290 g/mol. The van der Waals surface area contributed by atoms with E-state index in [0.29, 0.717) is 6.42 Å². The molecule has 0 amide bonds. The predicted octanol–water partition coefficient (Wildman–Crippen LogP) is 3.29. The molecule has 1 heterocycles. The van der Waals surface area contributed by atoms with Crippen molar-refractivity contribution in [2.24, 2.45) is 10.9 Å². The highest BCUT2D eigenvalue weighted by atomic mass is 15.2. The van der Waals surface area contributed by atoms with Gasteiger partial charge in [0.25, 0.3) is 0 Å². The van der Waals surface area contributed by atoms with Crippen molar-refractivity contribution < 1.29 is 0 Å². The van der Waals surface area contributed by atoms with Crippen LogP contribution in [0.2, 0.25) is 0 Å². The summed E-state index contributed by atoms with van der Waals surface area (Å²) in [6.07, 6.45) is 0.673. The molecule has 0 aliphatic heterocycles. The van der Waals surface area contributed by atoms with Gasteiger partial charge in [-0.1, -0.05) is 60.2 Å². The molecule has 3 N–H and O–H groups in total. The van der Waals surface area contributed by atoms with E-state index < -0.39 is 0 Å². The van der Waals surface area contributed by atoms with Gasteiger partial charge in [-0.25, -0.2) is 0 Å². The molecule has 0 spiro atoms. The largest absolute Gasteiger partial charge is 0.323 e. The Labute approximate surface area is 129 Å². The summed E-state index contributed by atoms with van der Waals surface area (Å²) in [5, 5.41) is 11.3. The molecule has 0 fully saturated rings. The molecule has 1 aromatic heterocycles. The Morgan fingerprint density at radius 1 is 1.09 bits per heavy atom. The quantitative estimate of drug-likeness (QED) is 0.440. The number of rotatable bonds is 4. The zero-order chi connectivity index (χ0) is 15.4. The number of hydrogen-bond acceptors (Lipinski definition) is 3. The topological polar surface area (TPSA) is 67.1 Å². The minimum atomic E-state index is 0.673. The summed E-state index contributed by atoms with van der Waals surface area (Å²) < 4.78 is 0. The average molecular weight is 290 g/mol. The van der Waals surface area contributed by atoms with Crippen molar-refractivity contribution in [2.75, 3.05) is 0 Å². The maximum absolute atomic E-state index is 5.56. The number of nitrogens with zero attached hydrogens (tertiary/aromatic N) is 2. The standard InChI is InChI=1S/C18H18N4/c1-13-7-9-15(10-8-13)16-12-18(22-21-16)17(20-19)11-14-5-3-2-4-6-14/h2-10,12H,11,19H2,1H3,(H,21,22)/b20-17-. The molecular formula is C18H18N4. The molecule has 0 radical (unpaired) electrons. The van der Waals surface area contributed by atoms with Crippen molar-refractivity contribution in [1.82, 2.24) is 10.2 Å². The summed E-state index contributed by atoms with van der Waals surface area (Å²) in [5.74, 6) is 5.56. The number of hydrogen-bond donors (Lipinski definition) is 2. The van der Waals surface area contributed by atoms with E-state index in [1.165, 1.54) is 5.56 Å². The highest BCUT2D eigenvalue weighted by molar-refractivity contribution is 6.00. The Kier molecular flexibility index (Phi) is 4.01. The van der Waals surface area contributed by atoms with Crippen LogP contribution in [0.4, 0.5) is 0 Å². The molecule has 4 nitrogen and oxygen atoms in total. The fraction of sp³-hybridized carbons (Fsp3) is 0.111. The van der Waals surface area contributed by atoms with Crippen molar-refractivity contribution in [2.45, 2.75) is 13.3 Å². The third-order valence-corrected chi connectivity index (χ3v) is 3.61. The van der Waals surface area contributed by atoms with Gasteiger partial charge in [0.2, 0.25) is 0 Å². The van der Waals surface area contributed by atoms with Gasteiger partial charge < -0.3 is 5.84 Å². The SMILES string of the molecule is Cc1ccc(-c2cc(/C(Cc3ccccc3)=N\N)[nH]n2)cc1. The number of aryl methyl sites for hydroxylation is 1. The van der Waals surface area contributed by atoms with Gasteiger partial charge >= 0.3 is 0 Å². The van der Waals surface area contributed by atoms with Gasteiger partial charge in [0.1, 0.15) is 0 Å². The third-order valence-electron chi connectivity index (χ3n) is 3.61. The van der Waals surface area contributed by atoms with E-state index in [0.717, 1.165) is 28.2 Å². The summed E-state index contributed by atoms with van der Waals surface area (Å²) in [7, 11) is 0. The lowest BCUT2D eigenvalue weighted by Crippen LogP contribution is -2.08. The van der Waals surface area contributed by atoms with Crippen LogP contribution in [0.25, 0.3) is 11.3 Å². The van der Waals surface area contributed by atoms with Crippen LogP contribution in [0, 0.1) is 6.92 Å². The Bertz CT molecular complexity index is 770. The van der Waals surface area contributed by atoms with E-state index in [1.54, 1.807) is 0 Å². The second-order valence-corrected chi connectivity index (χ2v) is 5.27. The molecule has 0 saturated heterocycles. The van der Waals surface area contributed by atoms with Crippen LogP contribution >= 0.6 is 0 Å². The van der Waals surface area contributed by atoms with Crippen LogP contribution in [-0.4, -0.2) is 15.9 Å². The van der Waals surface area contributed by atoms with E-state index in [1.807, 2.05) is 24.3 Å². The first-order valence-corrected chi connectivity index (χ1v) is 7.20. The van der Waals surface area contributed by atoms with Crippen LogP contribution in [-0.2, 0) is 6.42 Å². The first kappa shape index (κ1) is 14.1.